The summed E-state index contributed by atoms with van der Waals surface area (Å²) in [5.41, 5.74) is 0. The molecule has 0 spiro atoms. The molecule has 0 aromatic heterocycles. The number of piperidine rings is 1. The van der Waals surface area contributed by atoms with Gasteiger partial charge in [0.1, 0.15) is 0 Å². The van der Waals surface area contributed by atoms with Gasteiger partial charge in [-0.15, -0.1) is 0 Å². The van der Waals surface area contributed by atoms with Crippen molar-refractivity contribution < 1.29 is 4.79 Å². The van der Waals surface area contributed by atoms with E-state index >= 15 is 0 Å². The van der Waals surface area contributed by atoms with E-state index in [4.69, 9.17) is 0 Å². The van der Waals surface area contributed by atoms with Crippen LogP contribution in [0.25, 0.3) is 0 Å². The molecular formula is C13H26N2O. The fourth-order valence-electron chi connectivity index (χ4n) is 2.08. The van der Waals surface area contributed by atoms with Gasteiger partial charge >= 0.3 is 0 Å². The number of carbonyl (C=O) groups excluding carboxylic acids is 1. The number of nitrogens with zero attached hydrogens (tertiary/aromatic N) is 1. The van der Waals surface area contributed by atoms with Gasteiger partial charge in [-0.3, -0.25) is 4.79 Å². The van der Waals surface area contributed by atoms with Crippen molar-refractivity contribution in [2.24, 2.45) is 11.8 Å². The molecule has 1 fully saturated rings. The molecule has 0 saturated carbocycles. The molecule has 3 heteroatoms. The Labute approximate surface area is 99.6 Å². The highest BCUT2D eigenvalue weighted by atomic mass is 16.2. The predicted octanol–water partition coefficient (Wildman–Crippen LogP) is 1.88. The zero-order chi connectivity index (χ0) is 12.0. The molecule has 1 unspecified atom stereocenters. The van der Waals surface area contributed by atoms with Crippen LogP contribution in [-0.4, -0.2) is 37.5 Å². The second-order valence-electron chi connectivity index (χ2n) is 5.41. The lowest BCUT2D eigenvalue weighted by molar-refractivity contribution is -0.131. The highest BCUT2D eigenvalue weighted by Gasteiger charge is 2.18. The van der Waals surface area contributed by atoms with Crippen LogP contribution < -0.4 is 5.32 Å². The number of hydrogen-bond donors (Lipinski definition) is 1. The highest BCUT2D eigenvalue weighted by molar-refractivity contribution is 5.76. The van der Waals surface area contributed by atoms with E-state index in [1.165, 1.54) is 12.8 Å². The molecule has 1 saturated heterocycles. The lowest BCUT2D eigenvalue weighted by Crippen LogP contribution is -2.35. The molecular weight excluding hydrogens is 200 g/mol. The molecule has 1 amide bonds. The predicted molar refractivity (Wildman–Crippen MR) is 67.3 cm³/mol. The third kappa shape index (κ3) is 4.97. The Morgan fingerprint density at radius 3 is 2.81 bits per heavy atom. The normalized spacial score (nSPS) is 21.1. The monoisotopic (exact) mass is 226 g/mol. The van der Waals surface area contributed by atoms with Gasteiger partial charge in [0.05, 0.1) is 0 Å². The number of rotatable bonds is 5. The Morgan fingerprint density at radius 1 is 1.50 bits per heavy atom. The van der Waals surface area contributed by atoms with Gasteiger partial charge in [0.2, 0.25) is 5.91 Å². The van der Waals surface area contributed by atoms with Crippen molar-refractivity contribution in [1.29, 1.82) is 0 Å². The van der Waals surface area contributed by atoms with Crippen molar-refractivity contribution in [2.45, 2.75) is 39.5 Å². The summed E-state index contributed by atoms with van der Waals surface area (Å²) in [5.74, 6) is 1.55. The fraction of sp³-hybridized carbons (Fsp3) is 0.923. The van der Waals surface area contributed by atoms with Crippen molar-refractivity contribution in [2.75, 3.05) is 26.7 Å². The van der Waals surface area contributed by atoms with Gasteiger partial charge in [0.15, 0.2) is 0 Å². The molecule has 0 aromatic carbocycles. The van der Waals surface area contributed by atoms with E-state index in [-0.39, 0.29) is 0 Å². The molecule has 1 aliphatic rings. The van der Waals surface area contributed by atoms with Crippen LogP contribution in [0.2, 0.25) is 0 Å². The summed E-state index contributed by atoms with van der Waals surface area (Å²) in [6.45, 7) is 7.43. The SMILES string of the molecule is CC(C)CCN(C)C(=O)CC1CCCNC1. The van der Waals surface area contributed by atoms with Crippen LogP contribution >= 0.6 is 0 Å². The summed E-state index contributed by atoms with van der Waals surface area (Å²) >= 11 is 0. The average Bonchev–Trinajstić information content (AvgIpc) is 2.27. The molecule has 0 aromatic rings. The maximum atomic E-state index is 11.9. The first-order valence-electron chi connectivity index (χ1n) is 6.54. The van der Waals surface area contributed by atoms with Crippen LogP contribution in [-0.2, 0) is 4.79 Å². The van der Waals surface area contributed by atoms with Crippen LogP contribution in [0.5, 0.6) is 0 Å². The van der Waals surface area contributed by atoms with Gasteiger partial charge in [0.25, 0.3) is 0 Å². The maximum absolute atomic E-state index is 11.9. The third-order valence-corrected chi connectivity index (χ3v) is 3.33. The summed E-state index contributed by atoms with van der Waals surface area (Å²) in [5, 5.41) is 3.36. The minimum atomic E-state index is 0.314. The van der Waals surface area contributed by atoms with Gasteiger partial charge in [-0.25, -0.2) is 0 Å². The molecule has 0 bridgehead atoms. The first-order chi connectivity index (χ1) is 7.59. The molecule has 94 valence electrons. The second kappa shape index (κ2) is 6.89. The number of hydrogen-bond acceptors (Lipinski definition) is 2. The molecule has 1 rings (SSSR count). The van der Waals surface area contributed by atoms with E-state index < -0.39 is 0 Å². The van der Waals surface area contributed by atoms with E-state index in [1.807, 2.05) is 11.9 Å². The van der Waals surface area contributed by atoms with E-state index in [1.54, 1.807) is 0 Å². The summed E-state index contributed by atoms with van der Waals surface area (Å²) in [6.07, 6.45) is 4.25. The van der Waals surface area contributed by atoms with Crippen LogP contribution in [0.1, 0.15) is 39.5 Å². The summed E-state index contributed by atoms with van der Waals surface area (Å²) in [4.78, 5) is 13.8. The number of nitrogens with one attached hydrogen (secondary N) is 1. The zero-order valence-corrected chi connectivity index (χ0v) is 11.0. The Kier molecular flexibility index (Phi) is 5.81. The standard InChI is InChI=1S/C13H26N2O/c1-11(2)6-8-15(3)13(16)9-12-5-4-7-14-10-12/h11-12,14H,4-10H2,1-3H3. The van der Waals surface area contributed by atoms with Gasteiger partial charge in [-0.2, -0.15) is 0 Å². The topological polar surface area (TPSA) is 32.3 Å². The quantitative estimate of drug-likeness (QED) is 0.776. The minimum absolute atomic E-state index is 0.314. The molecule has 1 atom stereocenters. The van der Waals surface area contributed by atoms with Crippen molar-refractivity contribution in [3.8, 4) is 0 Å². The van der Waals surface area contributed by atoms with E-state index in [9.17, 15) is 4.79 Å². The van der Waals surface area contributed by atoms with Crippen molar-refractivity contribution in [3.05, 3.63) is 0 Å². The number of amides is 1. The molecule has 1 aliphatic heterocycles. The van der Waals surface area contributed by atoms with Gasteiger partial charge in [-0.1, -0.05) is 13.8 Å². The largest absolute Gasteiger partial charge is 0.346 e. The first-order valence-corrected chi connectivity index (χ1v) is 6.54. The van der Waals surface area contributed by atoms with Gasteiger partial charge in [0, 0.05) is 20.0 Å². The maximum Gasteiger partial charge on any atom is 0.222 e. The Bertz CT molecular complexity index is 210. The van der Waals surface area contributed by atoms with E-state index in [2.05, 4.69) is 19.2 Å². The molecule has 0 aliphatic carbocycles. The minimum Gasteiger partial charge on any atom is -0.346 e. The smallest absolute Gasteiger partial charge is 0.222 e. The molecule has 1 heterocycles. The van der Waals surface area contributed by atoms with Crippen LogP contribution in [0.3, 0.4) is 0 Å². The summed E-state index contributed by atoms with van der Waals surface area (Å²) < 4.78 is 0. The summed E-state index contributed by atoms with van der Waals surface area (Å²) in [7, 11) is 1.93. The van der Waals surface area contributed by atoms with Crippen molar-refractivity contribution >= 4 is 5.91 Å². The fourth-order valence-corrected chi connectivity index (χ4v) is 2.08. The molecule has 16 heavy (non-hydrogen) atoms. The van der Waals surface area contributed by atoms with Crippen LogP contribution in [0, 0.1) is 11.8 Å². The van der Waals surface area contributed by atoms with Crippen molar-refractivity contribution in [3.63, 3.8) is 0 Å². The van der Waals surface area contributed by atoms with Crippen molar-refractivity contribution in [1.82, 2.24) is 10.2 Å². The third-order valence-electron chi connectivity index (χ3n) is 3.33. The lowest BCUT2D eigenvalue weighted by atomic mass is 9.95. The zero-order valence-electron chi connectivity index (χ0n) is 11.0. The van der Waals surface area contributed by atoms with E-state index in [0.29, 0.717) is 17.7 Å². The lowest BCUT2D eigenvalue weighted by Gasteiger charge is -2.25. The van der Waals surface area contributed by atoms with Crippen LogP contribution in [0.15, 0.2) is 0 Å². The average molecular weight is 226 g/mol. The first kappa shape index (κ1) is 13.5. The Hall–Kier alpha value is -0.570. The Balaban J connectivity index is 2.22. The molecule has 0 radical (unpaired) electrons. The van der Waals surface area contributed by atoms with E-state index in [0.717, 1.165) is 32.5 Å². The highest BCUT2D eigenvalue weighted by Crippen LogP contribution is 2.15. The van der Waals surface area contributed by atoms with Gasteiger partial charge in [-0.05, 0) is 44.2 Å². The summed E-state index contributed by atoms with van der Waals surface area (Å²) in [6, 6.07) is 0. The van der Waals surface area contributed by atoms with Gasteiger partial charge < -0.3 is 10.2 Å². The second-order valence-corrected chi connectivity index (χ2v) is 5.41. The van der Waals surface area contributed by atoms with Crippen LogP contribution in [0.4, 0.5) is 0 Å². The Morgan fingerprint density at radius 2 is 2.25 bits per heavy atom. The number of carbonyl (C=O) groups is 1. The molecule has 3 nitrogen and oxygen atoms in total. The molecule has 1 N–H and O–H groups in total.